The first kappa shape index (κ1) is 19.7. The van der Waals surface area contributed by atoms with Gasteiger partial charge in [0.2, 0.25) is 0 Å². The van der Waals surface area contributed by atoms with Crippen LogP contribution in [-0.2, 0) is 17.6 Å². The summed E-state index contributed by atoms with van der Waals surface area (Å²) in [7, 11) is -1.77. The lowest BCUT2D eigenvalue weighted by atomic mass is 9.98. The van der Waals surface area contributed by atoms with Gasteiger partial charge in [0.25, 0.3) is 0 Å². The second-order valence-electron chi connectivity index (χ2n) is 8.94. The first-order valence-electron chi connectivity index (χ1n) is 8.96. The Kier molecular flexibility index (Phi) is 5.79. The number of nitrogens with one attached hydrogen (secondary N) is 1. The summed E-state index contributed by atoms with van der Waals surface area (Å²) >= 11 is 0. The van der Waals surface area contributed by atoms with Gasteiger partial charge in [-0.25, -0.2) is 4.98 Å². The number of hydrogen-bond acceptors (Lipinski definition) is 3. The molecular formula is C20H33N3OSi. The lowest BCUT2D eigenvalue weighted by Crippen LogP contribution is -2.41. The van der Waals surface area contributed by atoms with Crippen molar-refractivity contribution in [2.24, 2.45) is 0 Å². The number of anilines is 1. The highest BCUT2D eigenvalue weighted by molar-refractivity contribution is 6.74. The third kappa shape index (κ3) is 5.44. The normalized spacial score (nSPS) is 13.1. The summed E-state index contributed by atoms with van der Waals surface area (Å²) < 4.78 is 8.49. The lowest BCUT2D eigenvalue weighted by molar-refractivity contribution is 0.208. The van der Waals surface area contributed by atoms with E-state index in [0.717, 1.165) is 12.1 Å². The Hall–Kier alpha value is -1.59. The second-order valence-corrected chi connectivity index (χ2v) is 13.7. The predicted octanol–water partition coefficient (Wildman–Crippen LogP) is 5.30. The molecule has 1 heterocycles. The Morgan fingerprint density at radius 2 is 1.72 bits per heavy atom. The van der Waals surface area contributed by atoms with Crippen molar-refractivity contribution in [3.63, 3.8) is 0 Å². The lowest BCUT2D eigenvalue weighted by Gasteiger charge is -2.36. The van der Waals surface area contributed by atoms with Crippen LogP contribution in [0.4, 0.5) is 5.69 Å². The molecule has 0 radical (unpaired) electrons. The molecule has 5 heteroatoms. The molecule has 1 aromatic heterocycles. The molecule has 4 nitrogen and oxygen atoms in total. The molecule has 2 rings (SSSR count). The van der Waals surface area contributed by atoms with Gasteiger partial charge >= 0.3 is 0 Å². The first-order chi connectivity index (χ1) is 11.5. The van der Waals surface area contributed by atoms with E-state index in [1.54, 1.807) is 0 Å². The van der Waals surface area contributed by atoms with Gasteiger partial charge in [-0.3, -0.25) is 0 Å². The molecule has 0 atom stereocenters. The van der Waals surface area contributed by atoms with Crippen LogP contribution in [-0.4, -0.2) is 23.4 Å². The smallest absolute Gasteiger partial charge is 0.194 e. The highest BCUT2D eigenvalue weighted by Crippen LogP contribution is 2.36. The molecule has 0 saturated heterocycles. The van der Waals surface area contributed by atoms with Crippen molar-refractivity contribution >= 4 is 14.0 Å². The Morgan fingerprint density at radius 1 is 1.08 bits per heavy atom. The van der Waals surface area contributed by atoms with Gasteiger partial charge in [0, 0.05) is 29.5 Å². The van der Waals surface area contributed by atoms with Crippen molar-refractivity contribution in [1.82, 2.24) is 9.55 Å². The van der Waals surface area contributed by atoms with Crippen molar-refractivity contribution in [2.45, 2.75) is 71.4 Å². The maximum atomic E-state index is 6.35. The van der Waals surface area contributed by atoms with Crippen LogP contribution in [0, 0.1) is 0 Å². The van der Waals surface area contributed by atoms with E-state index in [0.29, 0.717) is 6.73 Å². The van der Waals surface area contributed by atoms with E-state index in [9.17, 15) is 0 Å². The average Bonchev–Trinajstić information content (AvgIpc) is 2.91. The minimum atomic E-state index is -1.77. The number of hydrogen-bond donors (Lipinski definition) is 1. The molecular weight excluding hydrogens is 326 g/mol. The van der Waals surface area contributed by atoms with Gasteiger partial charge in [0.15, 0.2) is 8.32 Å². The number of rotatable bonds is 7. The van der Waals surface area contributed by atoms with E-state index >= 15 is 0 Å². The number of nitrogens with zero attached hydrogens (tertiary/aromatic N) is 2. The summed E-state index contributed by atoms with van der Waals surface area (Å²) in [5.41, 5.74) is 2.25. The molecule has 0 aliphatic carbocycles. The molecule has 0 fully saturated rings. The van der Waals surface area contributed by atoms with Crippen LogP contribution in [0.2, 0.25) is 18.1 Å². The summed E-state index contributed by atoms with van der Waals surface area (Å²) in [5.74, 6) is 0. The third-order valence-corrected chi connectivity index (χ3v) is 9.51. The summed E-state index contributed by atoms with van der Waals surface area (Å²) in [6, 6.07) is 10.3. The van der Waals surface area contributed by atoms with Crippen molar-refractivity contribution in [3.05, 3.63) is 48.5 Å². The number of benzene rings is 1. The maximum absolute atomic E-state index is 6.35. The molecule has 2 aromatic rings. The van der Waals surface area contributed by atoms with Crippen LogP contribution in [0.3, 0.4) is 0 Å². The van der Waals surface area contributed by atoms with Crippen LogP contribution in [0.15, 0.2) is 42.9 Å². The fraction of sp³-hybridized carbons (Fsp3) is 0.550. The quantitative estimate of drug-likeness (QED) is 0.682. The number of aromatic nitrogens is 2. The highest BCUT2D eigenvalue weighted by Gasteiger charge is 2.37. The summed E-state index contributed by atoms with van der Waals surface area (Å²) in [4.78, 5) is 4.35. The molecule has 0 saturated carbocycles. The zero-order valence-electron chi connectivity index (χ0n) is 16.8. The second kappa shape index (κ2) is 7.34. The Balaban J connectivity index is 2.03. The van der Waals surface area contributed by atoms with Gasteiger partial charge in [-0.2, -0.15) is 0 Å². The molecule has 0 aliphatic heterocycles. The van der Waals surface area contributed by atoms with Gasteiger partial charge in [-0.05, 0) is 44.1 Å². The SMILES string of the molecule is CC(C)(Cc1cncn1CO[Si](C)(C)C(C)(C)C)Nc1ccccc1. The minimum absolute atomic E-state index is 0.0733. The zero-order chi connectivity index (χ0) is 18.7. The summed E-state index contributed by atoms with van der Waals surface area (Å²) in [6.45, 7) is 16.4. The van der Waals surface area contributed by atoms with Gasteiger partial charge in [0.05, 0.1) is 6.33 Å². The Morgan fingerprint density at radius 3 is 2.32 bits per heavy atom. The molecule has 1 N–H and O–H groups in total. The van der Waals surface area contributed by atoms with Crippen molar-refractivity contribution in [2.75, 3.05) is 5.32 Å². The van der Waals surface area contributed by atoms with Crippen molar-refractivity contribution in [1.29, 1.82) is 0 Å². The molecule has 0 unspecified atom stereocenters. The van der Waals surface area contributed by atoms with Crippen LogP contribution in [0.25, 0.3) is 0 Å². The van der Waals surface area contributed by atoms with E-state index in [2.05, 4.69) is 86.8 Å². The van der Waals surface area contributed by atoms with E-state index in [4.69, 9.17) is 4.43 Å². The molecule has 138 valence electrons. The molecule has 0 amide bonds. The minimum Gasteiger partial charge on any atom is -0.399 e. The van der Waals surface area contributed by atoms with E-state index in [-0.39, 0.29) is 10.6 Å². The van der Waals surface area contributed by atoms with Gasteiger partial charge < -0.3 is 14.3 Å². The van der Waals surface area contributed by atoms with Gasteiger partial charge in [0.1, 0.15) is 6.73 Å². The van der Waals surface area contributed by atoms with E-state index in [1.807, 2.05) is 18.6 Å². The van der Waals surface area contributed by atoms with Crippen molar-refractivity contribution < 1.29 is 4.43 Å². The van der Waals surface area contributed by atoms with Gasteiger partial charge in [-0.15, -0.1) is 0 Å². The Bertz CT molecular complexity index is 672. The highest BCUT2D eigenvalue weighted by atomic mass is 28.4. The average molecular weight is 360 g/mol. The van der Waals surface area contributed by atoms with Gasteiger partial charge in [-0.1, -0.05) is 39.0 Å². The number of imidazole rings is 1. The van der Waals surface area contributed by atoms with Crippen molar-refractivity contribution in [3.8, 4) is 0 Å². The zero-order valence-corrected chi connectivity index (χ0v) is 17.8. The fourth-order valence-electron chi connectivity index (χ4n) is 2.47. The third-order valence-electron chi connectivity index (χ3n) is 5.05. The molecule has 1 aromatic carbocycles. The molecule has 0 bridgehead atoms. The fourth-order valence-corrected chi connectivity index (χ4v) is 3.36. The largest absolute Gasteiger partial charge is 0.399 e. The summed E-state index contributed by atoms with van der Waals surface area (Å²) in [6.07, 6.45) is 4.70. The van der Waals surface area contributed by atoms with Crippen LogP contribution >= 0.6 is 0 Å². The topological polar surface area (TPSA) is 39.1 Å². The Labute approximate surface area is 153 Å². The molecule has 25 heavy (non-hydrogen) atoms. The van der Waals surface area contributed by atoms with E-state index in [1.165, 1.54) is 5.69 Å². The predicted molar refractivity (Wildman–Crippen MR) is 108 cm³/mol. The van der Waals surface area contributed by atoms with E-state index < -0.39 is 8.32 Å². The summed E-state index contributed by atoms with van der Waals surface area (Å²) in [5, 5.41) is 3.82. The molecule has 0 aliphatic rings. The standard InChI is InChI=1S/C20H33N3OSi/c1-19(2,3)25(6,7)24-16-23-15-21-14-18(23)13-20(4,5)22-17-11-9-8-10-12-17/h8-12,14-15,22H,13,16H2,1-7H3. The first-order valence-corrected chi connectivity index (χ1v) is 11.9. The van der Waals surface area contributed by atoms with Crippen LogP contribution in [0.1, 0.15) is 40.3 Å². The monoisotopic (exact) mass is 359 g/mol. The van der Waals surface area contributed by atoms with Crippen LogP contribution < -0.4 is 5.32 Å². The number of para-hydroxylation sites is 1. The maximum Gasteiger partial charge on any atom is 0.194 e. The molecule has 0 spiro atoms. The van der Waals surface area contributed by atoms with Crippen LogP contribution in [0.5, 0.6) is 0 Å².